The van der Waals surface area contributed by atoms with Gasteiger partial charge in [-0.1, -0.05) is 26.0 Å². The smallest absolute Gasteiger partial charge is 0.113 e. The number of benzene rings is 1. The first-order valence-corrected chi connectivity index (χ1v) is 5.52. The SMILES string of the molecule is CC(C)c1ccc2ccnc(Br)c2c1. The molecule has 0 saturated heterocycles. The molecule has 14 heavy (non-hydrogen) atoms. The van der Waals surface area contributed by atoms with Crippen molar-refractivity contribution in [1.29, 1.82) is 0 Å². The molecule has 0 radical (unpaired) electrons. The number of hydrogen-bond donors (Lipinski definition) is 0. The van der Waals surface area contributed by atoms with Crippen LogP contribution in [-0.4, -0.2) is 4.98 Å². The van der Waals surface area contributed by atoms with Crippen LogP contribution in [0.3, 0.4) is 0 Å². The molecule has 0 fully saturated rings. The Morgan fingerprint density at radius 1 is 1.21 bits per heavy atom. The minimum absolute atomic E-state index is 0.562. The van der Waals surface area contributed by atoms with Gasteiger partial charge in [-0.05, 0) is 44.9 Å². The molecule has 0 unspecified atom stereocenters. The first-order chi connectivity index (χ1) is 6.68. The van der Waals surface area contributed by atoms with Gasteiger partial charge < -0.3 is 0 Å². The average Bonchev–Trinajstić information content (AvgIpc) is 2.18. The lowest BCUT2D eigenvalue weighted by atomic mass is 10.0. The molecule has 0 atom stereocenters. The van der Waals surface area contributed by atoms with Gasteiger partial charge in [0.15, 0.2) is 0 Å². The second-order valence-corrected chi connectivity index (χ2v) is 4.49. The van der Waals surface area contributed by atoms with E-state index >= 15 is 0 Å². The lowest BCUT2D eigenvalue weighted by molar-refractivity contribution is 0.868. The van der Waals surface area contributed by atoms with Crippen molar-refractivity contribution < 1.29 is 0 Å². The van der Waals surface area contributed by atoms with Crippen LogP contribution in [-0.2, 0) is 0 Å². The number of hydrogen-bond acceptors (Lipinski definition) is 1. The molecule has 0 aliphatic heterocycles. The van der Waals surface area contributed by atoms with Crippen LogP contribution in [0.5, 0.6) is 0 Å². The summed E-state index contributed by atoms with van der Waals surface area (Å²) in [6.07, 6.45) is 1.82. The molecule has 0 N–H and O–H groups in total. The van der Waals surface area contributed by atoms with Crippen molar-refractivity contribution in [2.45, 2.75) is 19.8 Å². The van der Waals surface area contributed by atoms with Gasteiger partial charge in [0, 0.05) is 11.6 Å². The molecule has 1 heterocycles. The van der Waals surface area contributed by atoms with E-state index in [2.05, 4.69) is 53.0 Å². The molecule has 0 aliphatic carbocycles. The Kier molecular flexibility index (Phi) is 2.55. The Bertz CT molecular complexity index is 463. The zero-order chi connectivity index (χ0) is 10.1. The Morgan fingerprint density at radius 2 is 2.00 bits per heavy atom. The van der Waals surface area contributed by atoms with Crippen LogP contribution < -0.4 is 0 Å². The number of nitrogens with zero attached hydrogens (tertiary/aromatic N) is 1. The largest absolute Gasteiger partial charge is 0.249 e. The van der Waals surface area contributed by atoms with Gasteiger partial charge in [0.25, 0.3) is 0 Å². The average molecular weight is 250 g/mol. The molecule has 0 amide bonds. The molecule has 1 nitrogen and oxygen atoms in total. The molecule has 0 saturated carbocycles. The highest BCUT2D eigenvalue weighted by Crippen LogP contribution is 2.25. The van der Waals surface area contributed by atoms with E-state index in [0.717, 1.165) is 4.60 Å². The van der Waals surface area contributed by atoms with E-state index in [4.69, 9.17) is 0 Å². The lowest BCUT2D eigenvalue weighted by Gasteiger charge is -2.07. The van der Waals surface area contributed by atoms with Gasteiger partial charge in [-0.3, -0.25) is 0 Å². The lowest BCUT2D eigenvalue weighted by Crippen LogP contribution is -1.87. The number of aromatic nitrogens is 1. The highest BCUT2D eigenvalue weighted by atomic mass is 79.9. The third-order valence-electron chi connectivity index (χ3n) is 2.41. The molecule has 2 rings (SSSR count). The quantitative estimate of drug-likeness (QED) is 0.693. The molecule has 0 aliphatic rings. The summed E-state index contributed by atoms with van der Waals surface area (Å²) in [6.45, 7) is 4.40. The molecular formula is C12H12BrN. The second kappa shape index (κ2) is 3.70. The van der Waals surface area contributed by atoms with Gasteiger partial charge in [0.1, 0.15) is 4.60 Å². The third-order valence-corrected chi connectivity index (χ3v) is 3.04. The molecule has 0 spiro atoms. The maximum absolute atomic E-state index is 4.22. The van der Waals surface area contributed by atoms with E-state index in [1.165, 1.54) is 16.3 Å². The number of halogens is 1. The summed E-state index contributed by atoms with van der Waals surface area (Å²) in [5.74, 6) is 0.562. The molecule has 72 valence electrons. The fourth-order valence-electron chi connectivity index (χ4n) is 1.51. The maximum atomic E-state index is 4.22. The van der Waals surface area contributed by atoms with Crippen molar-refractivity contribution in [2.24, 2.45) is 0 Å². The molecule has 0 bridgehead atoms. The summed E-state index contributed by atoms with van der Waals surface area (Å²) in [4.78, 5) is 4.22. The summed E-state index contributed by atoms with van der Waals surface area (Å²) in [5.41, 5.74) is 1.35. The van der Waals surface area contributed by atoms with Crippen molar-refractivity contribution in [3.05, 3.63) is 40.6 Å². The number of fused-ring (bicyclic) bond motifs is 1. The summed E-state index contributed by atoms with van der Waals surface area (Å²) in [5, 5.41) is 2.43. The van der Waals surface area contributed by atoms with Gasteiger partial charge >= 0.3 is 0 Å². The fraction of sp³-hybridized carbons (Fsp3) is 0.250. The van der Waals surface area contributed by atoms with Crippen molar-refractivity contribution >= 4 is 26.7 Å². The normalized spacial score (nSPS) is 11.1. The fourth-order valence-corrected chi connectivity index (χ4v) is 1.97. The summed E-state index contributed by atoms with van der Waals surface area (Å²) in [7, 11) is 0. The van der Waals surface area contributed by atoms with Crippen LogP contribution in [0.25, 0.3) is 10.8 Å². The van der Waals surface area contributed by atoms with Crippen LogP contribution in [0, 0.1) is 0 Å². The van der Waals surface area contributed by atoms with Crippen molar-refractivity contribution in [2.75, 3.05) is 0 Å². The Morgan fingerprint density at radius 3 is 2.71 bits per heavy atom. The first kappa shape index (κ1) is 9.66. The summed E-state index contributed by atoms with van der Waals surface area (Å²) < 4.78 is 0.928. The van der Waals surface area contributed by atoms with Gasteiger partial charge in [0.2, 0.25) is 0 Å². The predicted molar refractivity (Wildman–Crippen MR) is 63.5 cm³/mol. The predicted octanol–water partition coefficient (Wildman–Crippen LogP) is 4.12. The van der Waals surface area contributed by atoms with E-state index in [1.54, 1.807) is 0 Å². The van der Waals surface area contributed by atoms with Crippen LogP contribution >= 0.6 is 15.9 Å². The van der Waals surface area contributed by atoms with Gasteiger partial charge in [0.05, 0.1) is 0 Å². The Labute approximate surface area is 92.3 Å². The highest BCUT2D eigenvalue weighted by Gasteiger charge is 2.03. The minimum atomic E-state index is 0.562. The topological polar surface area (TPSA) is 12.9 Å². The number of rotatable bonds is 1. The van der Waals surface area contributed by atoms with Crippen LogP contribution in [0.2, 0.25) is 0 Å². The molecule has 1 aromatic carbocycles. The molecular weight excluding hydrogens is 238 g/mol. The first-order valence-electron chi connectivity index (χ1n) is 4.72. The van der Waals surface area contributed by atoms with Crippen LogP contribution in [0.15, 0.2) is 35.1 Å². The number of pyridine rings is 1. The van der Waals surface area contributed by atoms with E-state index < -0.39 is 0 Å². The maximum Gasteiger partial charge on any atom is 0.113 e. The van der Waals surface area contributed by atoms with Crippen LogP contribution in [0.4, 0.5) is 0 Å². The monoisotopic (exact) mass is 249 g/mol. The van der Waals surface area contributed by atoms with Gasteiger partial charge in [-0.15, -0.1) is 0 Å². The van der Waals surface area contributed by atoms with E-state index in [0.29, 0.717) is 5.92 Å². The van der Waals surface area contributed by atoms with Crippen molar-refractivity contribution in [3.63, 3.8) is 0 Å². The highest BCUT2D eigenvalue weighted by molar-refractivity contribution is 9.10. The van der Waals surface area contributed by atoms with E-state index in [1.807, 2.05) is 12.3 Å². The van der Waals surface area contributed by atoms with Gasteiger partial charge in [-0.25, -0.2) is 4.98 Å². The summed E-state index contributed by atoms with van der Waals surface area (Å²) in [6, 6.07) is 8.57. The second-order valence-electron chi connectivity index (χ2n) is 3.74. The third kappa shape index (κ3) is 1.67. The zero-order valence-electron chi connectivity index (χ0n) is 8.29. The van der Waals surface area contributed by atoms with Crippen molar-refractivity contribution in [1.82, 2.24) is 4.98 Å². The molecule has 2 aromatic rings. The molecule has 2 heteroatoms. The zero-order valence-corrected chi connectivity index (χ0v) is 9.88. The van der Waals surface area contributed by atoms with Gasteiger partial charge in [-0.2, -0.15) is 0 Å². The summed E-state index contributed by atoms with van der Waals surface area (Å²) >= 11 is 3.47. The Balaban J connectivity index is 2.70. The minimum Gasteiger partial charge on any atom is -0.249 e. The molecule has 1 aromatic heterocycles. The van der Waals surface area contributed by atoms with E-state index in [-0.39, 0.29) is 0 Å². The van der Waals surface area contributed by atoms with Crippen molar-refractivity contribution in [3.8, 4) is 0 Å². The van der Waals surface area contributed by atoms with Crippen LogP contribution in [0.1, 0.15) is 25.3 Å². The standard InChI is InChI=1S/C12H12BrN/c1-8(2)10-4-3-9-5-6-14-12(13)11(9)7-10/h3-8H,1-2H3. The Hall–Kier alpha value is -0.890. The van der Waals surface area contributed by atoms with E-state index in [9.17, 15) is 0 Å².